The van der Waals surface area contributed by atoms with Crippen LogP contribution in [0.25, 0.3) is 0 Å². The molecule has 4 unspecified atom stereocenters. The van der Waals surface area contributed by atoms with Crippen LogP contribution >= 0.6 is 0 Å². The minimum Gasteiger partial charge on any atom is -0.393 e. The summed E-state index contributed by atoms with van der Waals surface area (Å²) in [6.07, 6.45) is -11.7. The summed E-state index contributed by atoms with van der Waals surface area (Å²) in [5.41, 5.74) is -2.04. The van der Waals surface area contributed by atoms with Crippen LogP contribution in [0, 0.1) is 0 Å². The van der Waals surface area contributed by atoms with Crippen LogP contribution in [0.3, 0.4) is 0 Å². The van der Waals surface area contributed by atoms with Gasteiger partial charge in [0.15, 0.2) is 18.5 Å². The monoisotopic (exact) mass is 450 g/mol. The highest BCUT2D eigenvalue weighted by Gasteiger charge is 2.60. The molecule has 1 aromatic rings. The average Bonchev–Trinajstić information content (AvgIpc) is 3.00. The van der Waals surface area contributed by atoms with Crippen LogP contribution in [0.1, 0.15) is 11.9 Å². The third kappa shape index (κ3) is 4.60. The van der Waals surface area contributed by atoms with Crippen molar-refractivity contribution >= 4 is 0 Å². The molecule has 1 aromatic carbocycles. The summed E-state index contributed by atoms with van der Waals surface area (Å²) in [4.78, 5) is 0. The molecular formula is C18H26O13. The number of aliphatic hydroxyl groups is 9. The van der Waals surface area contributed by atoms with Gasteiger partial charge in [0.2, 0.25) is 0 Å². The second-order valence-electron chi connectivity index (χ2n) is 7.49. The maximum atomic E-state index is 10.6. The Bertz CT molecular complexity index is 736. The summed E-state index contributed by atoms with van der Waals surface area (Å²) in [7, 11) is 0. The fraction of sp³-hybridized carbons (Fsp3) is 0.667. The summed E-state index contributed by atoms with van der Waals surface area (Å²) in [6, 6.07) is 7.70. The zero-order chi connectivity index (χ0) is 23.0. The Morgan fingerprint density at radius 1 is 1.00 bits per heavy atom. The van der Waals surface area contributed by atoms with Gasteiger partial charge in [-0.05, 0) is 0 Å². The van der Waals surface area contributed by atoms with E-state index in [0.717, 1.165) is 0 Å². The Kier molecular flexibility index (Phi) is 7.00. The lowest BCUT2D eigenvalue weighted by atomic mass is 9.97. The second-order valence-corrected chi connectivity index (χ2v) is 7.49. The number of hydrogen-bond acceptors (Lipinski definition) is 13. The van der Waals surface area contributed by atoms with E-state index < -0.39 is 74.2 Å². The first kappa shape index (κ1) is 24.3. The largest absolute Gasteiger partial charge is 0.393 e. The van der Waals surface area contributed by atoms with Gasteiger partial charge in [-0.2, -0.15) is 0 Å². The average molecular weight is 450 g/mol. The minimum atomic E-state index is -3.01. The zero-order valence-corrected chi connectivity index (χ0v) is 16.1. The normalized spacial score (nSPS) is 44.4. The Morgan fingerprint density at radius 3 is 2.23 bits per heavy atom. The molecule has 13 nitrogen and oxygen atoms in total. The zero-order valence-electron chi connectivity index (χ0n) is 16.1. The quantitative estimate of drug-likeness (QED) is 0.179. The van der Waals surface area contributed by atoms with Crippen molar-refractivity contribution in [2.24, 2.45) is 0 Å². The van der Waals surface area contributed by atoms with Crippen LogP contribution in [-0.4, -0.2) is 114 Å². The second kappa shape index (κ2) is 8.92. The summed E-state index contributed by atoms with van der Waals surface area (Å²) >= 11 is 0. The van der Waals surface area contributed by atoms with E-state index in [1.54, 1.807) is 18.2 Å². The van der Waals surface area contributed by atoms with Gasteiger partial charge in [-0.25, -0.2) is 0 Å². The molecule has 2 fully saturated rings. The van der Waals surface area contributed by atoms with Crippen molar-refractivity contribution in [3.8, 4) is 0 Å². The molecular weight excluding hydrogens is 424 g/mol. The summed E-state index contributed by atoms with van der Waals surface area (Å²) in [5, 5.41) is 90.4. The molecule has 31 heavy (non-hydrogen) atoms. The maximum Gasteiger partial charge on any atom is 0.313 e. The molecule has 3 rings (SSSR count). The molecule has 0 saturated carbocycles. The van der Waals surface area contributed by atoms with Crippen molar-refractivity contribution in [3.05, 3.63) is 35.9 Å². The third-order valence-corrected chi connectivity index (χ3v) is 5.23. The van der Waals surface area contributed by atoms with Gasteiger partial charge in [0.1, 0.15) is 23.9 Å². The molecule has 176 valence electrons. The van der Waals surface area contributed by atoms with E-state index in [1.165, 1.54) is 12.1 Å². The molecule has 2 aliphatic rings. The Labute approximate surface area is 175 Å². The summed E-state index contributed by atoms with van der Waals surface area (Å²) in [6.45, 7) is -2.50. The van der Waals surface area contributed by atoms with Gasteiger partial charge >= 0.3 is 11.9 Å². The molecule has 2 saturated heterocycles. The van der Waals surface area contributed by atoms with E-state index in [2.05, 4.69) is 0 Å². The molecule has 2 aliphatic heterocycles. The smallest absolute Gasteiger partial charge is 0.313 e. The van der Waals surface area contributed by atoms with E-state index in [4.69, 9.17) is 24.1 Å². The van der Waals surface area contributed by atoms with E-state index in [0.29, 0.717) is 0 Å². The highest BCUT2D eigenvalue weighted by atomic mass is 16.9. The first-order valence-electron chi connectivity index (χ1n) is 9.32. The van der Waals surface area contributed by atoms with Gasteiger partial charge in [-0.15, -0.1) is 0 Å². The molecule has 9 N–H and O–H groups in total. The molecule has 0 spiro atoms. The van der Waals surface area contributed by atoms with Crippen molar-refractivity contribution in [1.82, 2.24) is 0 Å². The van der Waals surface area contributed by atoms with Gasteiger partial charge in [0.25, 0.3) is 0 Å². The Balaban J connectivity index is 1.71. The van der Waals surface area contributed by atoms with Crippen LogP contribution in [-0.2, 0) is 18.9 Å². The van der Waals surface area contributed by atoms with E-state index in [9.17, 15) is 40.9 Å². The van der Waals surface area contributed by atoms with Gasteiger partial charge in [-0.1, -0.05) is 30.3 Å². The van der Waals surface area contributed by atoms with Crippen molar-refractivity contribution < 1.29 is 64.9 Å². The van der Waals surface area contributed by atoms with Gasteiger partial charge in [-0.3, -0.25) is 4.74 Å². The Hall–Kier alpha value is -1.30. The van der Waals surface area contributed by atoms with Crippen LogP contribution in [0.4, 0.5) is 0 Å². The molecule has 2 heterocycles. The van der Waals surface area contributed by atoms with Crippen molar-refractivity contribution in [2.45, 2.75) is 54.4 Å². The standard InChI is InChI=1S/C18H26O13/c19-7-16(25)8-29-18(27,15(16)24)28-6-10-11(20)12(21)13(22)17(26,30-10)31-14(23)9-4-2-1-3-5-9/h1-5,10-15,19-27H,6-8H2/t10?,11-,12?,13+,14-,15-,16?,17-,18?/m1/s1. The summed E-state index contributed by atoms with van der Waals surface area (Å²) < 4.78 is 19.9. The molecule has 0 amide bonds. The fourth-order valence-electron chi connectivity index (χ4n) is 3.23. The predicted octanol–water partition coefficient (Wildman–Crippen LogP) is -4.40. The number of ether oxygens (including phenoxy) is 4. The van der Waals surface area contributed by atoms with Crippen LogP contribution in [0.5, 0.6) is 0 Å². The third-order valence-electron chi connectivity index (χ3n) is 5.23. The van der Waals surface area contributed by atoms with E-state index >= 15 is 0 Å². The number of hydrogen-bond donors (Lipinski definition) is 9. The maximum absolute atomic E-state index is 10.6. The lowest BCUT2D eigenvalue weighted by Crippen LogP contribution is -2.67. The van der Waals surface area contributed by atoms with Gasteiger partial charge in [0, 0.05) is 5.56 Å². The topological polar surface area (TPSA) is 219 Å². The SMILES string of the molecule is OCC1(O)COC(O)(OCC2O[C@@](O)(O[C@@H](O)c3ccccc3)[C@@H](O)C(O)[C@@H]2O)[C@@H]1O. The first-order chi connectivity index (χ1) is 14.5. The van der Waals surface area contributed by atoms with Crippen molar-refractivity contribution in [1.29, 1.82) is 0 Å². The molecule has 0 bridgehead atoms. The molecule has 9 atom stereocenters. The molecule has 0 aliphatic carbocycles. The molecule has 13 heteroatoms. The lowest BCUT2D eigenvalue weighted by molar-refractivity contribution is -0.479. The highest BCUT2D eigenvalue weighted by molar-refractivity contribution is 5.15. The van der Waals surface area contributed by atoms with Crippen LogP contribution in [0.2, 0.25) is 0 Å². The fourth-order valence-corrected chi connectivity index (χ4v) is 3.23. The van der Waals surface area contributed by atoms with E-state index in [-0.39, 0.29) is 5.56 Å². The lowest BCUT2D eigenvalue weighted by Gasteiger charge is -2.45. The van der Waals surface area contributed by atoms with Gasteiger partial charge < -0.3 is 60.2 Å². The predicted molar refractivity (Wildman–Crippen MR) is 95.2 cm³/mol. The van der Waals surface area contributed by atoms with Gasteiger partial charge in [0.05, 0.1) is 19.8 Å². The number of rotatable bonds is 7. The minimum absolute atomic E-state index is 0.181. The molecule has 0 aromatic heterocycles. The summed E-state index contributed by atoms with van der Waals surface area (Å²) in [5.74, 6) is -5.82. The number of aliphatic hydroxyl groups excluding tert-OH is 6. The van der Waals surface area contributed by atoms with Crippen molar-refractivity contribution in [2.75, 3.05) is 19.8 Å². The number of benzene rings is 1. The van der Waals surface area contributed by atoms with Crippen LogP contribution in [0.15, 0.2) is 30.3 Å². The van der Waals surface area contributed by atoms with E-state index in [1.807, 2.05) is 0 Å². The van der Waals surface area contributed by atoms with Crippen LogP contribution < -0.4 is 0 Å². The first-order valence-corrected chi connectivity index (χ1v) is 9.32. The van der Waals surface area contributed by atoms with Crippen molar-refractivity contribution in [3.63, 3.8) is 0 Å². The Morgan fingerprint density at radius 2 is 1.65 bits per heavy atom. The highest BCUT2D eigenvalue weighted by Crippen LogP contribution is 2.36. The molecule has 0 radical (unpaired) electrons.